The Kier molecular flexibility index (Phi) is 14.9. The van der Waals surface area contributed by atoms with Crippen LogP contribution >= 0.6 is 69.6 Å². The van der Waals surface area contributed by atoms with Gasteiger partial charge in [-0.3, -0.25) is 0 Å². The van der Waals surface area contributed by atoms with E-state index in [1.807, 2.05) is 66.7 Å². The van der Waals surface area contributed by atoms with Gasteiger partial charge in [-0.15, -0.1) is 25.5 Å². The maximum atomic E-state index is 15.3. The summed E-state index contributed by atoms with van der Waals surface area (Å²) < 4.78 is 54.9. The fourth-order valence-corrected chi connectivity index (χ4v) is 8.19. The average molecular weight is 1080 g/mol. The normalized spacial score (nSPS) is 10.9. The number of ether oxygens (including phenoxy) is 2. The van der Waals surface area contributed by atoms with E-state index < -0.39 is 11.6 Å². The Morgan fingerprint density at radius 3 is 1.71 bits per heavy atom. The third-order valence-corrected chi connectivity index (χ3v) is 12.0. The van der Waals surface area contributed by atoms with Crippen molar-refractivity contribution in [2.45, 2.75) is 19.4 Å². The number of benzene rings is 6. The van der Waals surface area contributed by atoms with Crippen molar-refractivity contribution in [3.05, 3.63) is 203 Å². The molecule has 22 heteroatoms. The van der Waals surface area contributed by atoms with Gasteiger partial charge in [0.1, 0.15) is 16.7 Å². The summed E-state index contributed by atoms with van der Waals surface area (Å²) in [6.07, 6.45) is -0.0783. The third kappa shape index (κ3) is 11.3. The summed E-state index contributed by atoms with van der Waals surface area (Å²) in [6, 6.07) is 37.5. The monoisotopic (exact) mass is 1080 g/mol. The van der Waals surface area contributed by atoms with Crippen molar-refractivity contribution in [1.82, 2.24) is 40.4 Å². The van der Waals surface area contributed by atoms with E-state index in [4.69, 9.17) is 98.4 Å². The fourth-order valence-electron chi connectivity index (χ4n) is 6.93. The summed E-state index contributed by atoms with van der Waals surface area (Å²) in [7, 11) is 0. The molecule has 14 nitrogen and oxygen atoms in total. The number of aromatic nitrogens is 8. The molecule has 0 spiro atoms. The Bertz CT molecular complexity index is 3750. The van der Waals surface area contributed by atoms with Crippen LogP contribution in [0, 0.1) is 34.3 Å². The van der Waals surface area contributed by atoms with E-state index >= 15 is 8.78 Å². The molecule has 0 saturated carbocycles. The number of hydrogen-bond donors (Lipinski definition) is 0. The molecule has 0 fully saturated rings. The molecule has 356 valence electrons. The van der Waals surface area contributed by atoms with E-state index in [0.717, 1.165) is 16.5 Å². The van der Waals surface area contributed by atoms with Crippen molar-refractivity contribution in [3.63, 3.8) is 0 Å². The molecule has 4 heterocycles. The Balaban J connectivity index is 0.000000178. The van der Waals surface area contributed by atoms with Crippen LogP contribution in [0.2, 0.25) is 30.4 Å². The highest BCUT2D eigenvalue weighted by Gasteiger charge is 2.23. The third-order valence-electron chi connectivity index (χ3n) is 10.3. The van der Waals surface area contributed by atoms with E-state index in [9.17, 15) is 0 Å². The largest absolute Gasteiger partial charge is 0.453 e. The summed E-state index contributed by atoms with van der Waals surface area (Å²) in [5.74, 6) is -1.05. The lowest BCUT2D eigenvalue weighted by atomic mass is 10.1. The molecule has 0 saturated heterocycles. The smallest absolute Gasteiger partial charge is 0.271 e. The highest BCUT2D eigenvalue weighted by molar-refractivity contribution is 6.33. The van der Waals surface area contributed by atoms with Crippen molar-refractivity contribution in [3.8, 4) is 58.2 Å². The van der Waals surface area contributed by atoms with Gasteiger partial charge in [0.15, 0.2) is 34.0 Å². The summed E-state index contributed by atoms with van der Waals surface area (Å²) in [4.78, 5) is 4.36. The summed E-state index contributed by atoms with van der Waals surface area (Å²) >= 11 is 37.1. The van der Waals surface area contributed by atoms with Crippen molar-refractivity contribution in [2.24, 2.45) is 0 Å². The van der Waals surface area contributed by atoms with Crippen molar-refractivity contribution >= 4 is 80.5 Å². The Morgan fingerprint density at radius 2 is 1.12 bits per heavy atom. The average Bonchev–Trinajstić information content (AvgIpc) is 4.13. The SMILES string of the molecule is N#Cc1cc(Cl)cc(Oc2c(Cl)ccc(Cc3nnc(-c4cc5ccccc5nc4Cl)o3)c2F)c1.N#Cc1cc(Cl)cc(Oc2c(Cl)ccc(Cc3nnc(-c4nnn(Cc5ccccc5)c4Cl)o3)c2F)c1. The van der Waals surface area contributed by atoms with E-state index in [1.165, 1.54) is 65.3 Å². The van der Waals surface area contributed by atoms with Gasteiger partial charge in [0.25, 0.3) is 11.8 Å². The van der Waals surface area contributed by atoms with Crippen LogP contribution in [0.5, 0.6) is 23.0 Å². The minimum absolute atomic E-state index is 0.0238. The standard InChI is InChI=1S/C25H14Cl3FN6O2.C25H12Cl3FN4O2/c26-17-8-15(12-30)9-18(11-17)36-23-19(27)7-6-16(21(23)29)10-20-31-33-25(37-20)22-24(28)35(34-32-22)13-14-4-2-1-3-5-14;26-16-7-13(12-30)8-17(11-16)34-23-19(27)6-5-15(22(23)29)10-21-32-33-25(35-21)18-9-14-3-1-2-4-20(14)31-24(18)28/h1-9,11H,10,13H2;1-9,11H,10H2. The summed E-state index contributed by atoms with van der Waals surface area (Å²) in [5.41, 5.74) is 3.34. The summed E-state index contributed by atoms with van der Waals surface area (Å²) in [6.45, 7) is 0.412. The second-order valence-electron chi connectivity index (χ2n) is 15.2. The number of rotatable bonds is 12. The van der Waals surface area contributed by atoms with Crippen LogP contribution in [0.25, 0.3) is 33.9 Å². The van der Waals surface area contributed by atoms with E-state index in [2.05, 4.69) is 35.7 Å². The molecular weight excluding hydrogens is 1060 g/mol. The predicted molar refractivity (Wildman–Crippen MR) is 265 cm³/mol. The zero-order valence-corrected chi connectivity index (χ0v) is 40.8. The Labute approximate surface area is 436 Å². The van der Waals surface area contributed by atoms with Crippen LogP contribution in [-0.2, 0) is 19.4 Å². The Morgan fingerprint density at radius 1 is 0.583 bits per heavy atom. The molecule has 0 N–H and O–H groups in total. The highest BCUT2D eigenvalue weighted by Crippen LogP contribution is 2.38. The quantitative estimate of drug-likeness (QED) is 0.105. The predicted octanol–water partition coefficient (Wildman–Crippen LogP) is 14.4. The minimum atomic E-state index is -0.724. The van der Waals surface area contributed by atoms with Gasteiger partial charge in [-0.25, -0.2) is 18.4 Å². The topological polar surface area (TPSA) is 187 Å². The summed E-state index contributed by atoms with van der Waals surface area (Å²) in [5, 5.41) is 44.3. The van der Waals surface area contributed by atoms with Gasteiger partial charge in [0.2, 0.25) is 11.8 Å². The number of para-hydroxylation sites is 1. The number of fused-ring (bicyclic) bond motifs is 1. The molecule has 6 aromatic carbocycles. The molecule has 4 aromatic heterocycles. The lowest BCUT2D eigenvalue weighted by Gasteiger charge is -2.12. The van der Waals surface area contributed by atoms with E-state index in [0.29, 0.717) is 12.1 Å². The van der Waals surface area contributed by atoms with Gasteiger partial charge in [0, 0.05) is 26.6 Å². The zero-order chi connectivity index (χ0) is 50.5. The van der Waals surface area contributed by atoms with Crippen LogP contribution in [0.4, 0.5) is 8.78 Å². The van der Waals surface area contributed by atoms with Gasteiger partial charge in [-0.1, -0.05) is 135 Å². The molecule has 0 aliphatic rings. The number of hydrogen-bond acceptors (Lipinski definition) is 13. The molecule has 0 atom stereocenters. The van der Waals surface area contributed by atoms with Crippen LogP contribution in [0.15, 0.2) is 130 Å². The fraction of sp³-hybridized carbons (Fsp3) is 0.0600. The zero-order valence-electron chi connectivity index (χ0n) is 36.3. The van der Waals surface area contributed by atoms with Gasteiger partial charge in [-0.2, -0.15) is 10.5 Å². The lowest BCUT2D eigenvalue weighted by molar-refractivity contribution is 0.437. The first kappa shape index (κ1) is 49.3. The Hall–Kier alpha value is -7.67. The maximum absolute atomic E-state index is 15.3. The van der Waals surface area contributed by atoms with Crippen LogP contribution < -0.4 is 9.47 Å². The van der Waals surface area contributed by atoms with Crippen LogP contribution in [-0.4, -0.2) is 40.4 Å². The minimum Gasteiger partial charge on any atom is -0.453 e. The van der Waals surface area contributed by atoms with Crippen molar-refractivity contribution < 1.29 is 27.1 Å². The van der Waals surface area contributed by atoms with Gasteiger partial charge < -0.3 is 18.3 Å². The number of halogens is 8. The number of nitriles is 2. The lowest BCUT2D eigenvalue weighted by Crippen LogP contribution is -2.01. The van der Waals surface area contributed by atoms with E-state index in [-0.39, 0.29) is 118 Å². The first-order valence-electron chi connectivity index (χ1n) is 20.9. The molecule has 0 radical (unpaired) electrons. The molecule has 0 unspecified atom stereocenters. The number of nitrogens with zero attached hydrogens (tertiary/aromatic N) is 10. The first-order valence-corrected chi connectivity index (χ1v) is 23.1. The number of pyridine rings is 1. The van der Waals surface area contributed by atoms with Crippen molar-refractivity contribution in [1.29, 1.82) is 10.5 Å². The molecule has 0 aliphatic heterocycles. The molecule has 10 rings (SSSR count). The molecule has 0 aliphatic carbocycles. The molecular formula is C50H26Cl6F2N10O4. The van der Waals surface area contributed by atoms with Gasteiger partial charge >= 0.3 is 0 Å². The van der Waals surface area contributed by atoms with Gasteiger partial charge in [-0.05, 0) is 66.2 Å². The second-order valence-corrected chi connectivity index (χ2v) is 17.6. The van der Waals surface area contributed by atoms with Crippen molar-refractivity contribution in [2.75, 3.05) is 0 Å². The molecule has 0 bridgehead atoms. The molecule has 10 aromatic rings. The van der Waals surface area contributed by atoms with Gasteiger partial charge in [0.05, 0.1) is 63.8 Å². The first-order chi connectivity index (χ1) is 34.8. The van der Waals surface area contributed by atoms with Crippen LogP contribution in [0.1, 0.15) is 39.6 Å². The van der Waals surface area contributed by atoms with E-state index in [1.54, 1.807) is 6.07 Å². The highest BCUT2D eigenvalue weighted by atomic mass is 35.5. The molecule has 0 amide bonds. The maximum Gasteiger partial charge on any atom is 0.271 e. The molecule has 72 heavy (non-hydrogen) atoms. The van der Waals surface area contributed by atoms with Crippen LogP contribution in [0.3, 0.4) is 0 Å². The second kappa shape index (κ2) is 21.8.